The highest BCUT2D eigenvalue weighted by Crippen LogP contribution is 2.36. The van der Waals surface area contributed by atoms with Crippen LogP contribution < -0.4 is 5.32 Å². The summed E-state index contributed by atoms with van der Waals surface area (Å²) in [6, 6.07) is 2.40. The molecular weight excluding hydrogens is 323 g/mol. The van der Waals surface area contributed by atoms with Gasteiger partial charge in [-0.3, -0.25) is 4.90 Å². The van der Waals surface area contributed by atoms with Crippen molar-refractivity contribution >= 4 is 47.8 Å². The lowest BCUT2D eigenvalue weighted by Gasteiger charge is -2.34. The van der Waals surface area contributed by atoms with Gasteiger partial charge in [-0.05, 0) is 24.8 Å². The number of thiophene rings is 1. The van der Waals surface area contributed by atoms with Gasteiger partial charge in [-0.25, -0.2) is 0 Å². The van der Waals surface area contributed by atoms with E-state index in [-0.39, 0.29) is 24.8 Å². The zero-order valence-corrected chi connectivity index (χ0v) is 14.2. The molecular formula is C13H21Cl3N2S. The van der Waals surface area contributed by atoms with Crippen molar-refractivity contribution in [1.82, 2.24) is 10.2 Å². The van der Waals surface area contributed by atoms with Crippen LogP contribution in [0.3, 0.4) is 0 Å². The van der Waals surface area contributed by atoms with Crippen LogP contribution in [0, 0.1) is 0 Å². The summed E-state index contributed by atoms with van der Waals surface area (Å²) < 4.78 is 0. The summed E-state index contributed by atoms with van der Waals surface area (Å²) in [7, 11) is 0. The zero-order valence-electron chi connectivity index (χ0n) is 11.0. The fourth-order valence-corrected chi connectivity index (χ4v) is 3.57. The third-order valence-corrected chi connectivity index (χ3v) is 4.54. The minimum atomic E-state index is 0. The Labute approximate surface area is 137 Å². The van der Waals surface area contributed by atoms with Gasteiger partial charge in [0.25, 0.3) is 0 Å². The first-order valence-corrected chi connectivity index (χ1v) is 7.26. The molecule has 0 bridgehead atoms. The van der Waals surface area contributed by atoms with Gasteiger partial charge >= 0.3 is 0 Å². The average Bonchev–Trinajstić information content (AvgIpc) is 2.73. The fourth-order valence-electron chi connectivity index (χ4n) is 2.25. The van der Waals surface area contributed by atoms with E-state index in [2.05, 4.69) is 29.1 Å². The predicted octanol–water partition coefficient (Wildman–Crippen LogP) is 4.16. The topological polar surface area (TPSA) is 15.3 Å². The summed E-state index contributed by atoms with van der Waals surface area (Å²) in [5.74, 6) is 0. The van der Waals surface area contributed by atoms with Crippen molar-refractivity contribution in [2.75, 3.05) is 26.2 Å². The third kappa shape index (κ3) is 5.25. The van der Waals surface area contributed by atoms with Crippen molar-refractivity contribution in [2.45, 2.75) is 19.4 Å². The summed E-state index contributed by atoms with van der Waals surface area (Å²) in [6.45, 7) is 10.5. The first-order chi connectivity index (χ1) is 8.18. The standard InChI is InChI=1S/C13H19ClN2S.2ClH/c1-10(2)9-12(13-11(14)3-8-17-13)16-6-4-15-5-7-16;;/h3,8,12,15H,1,4-7,9H2,2H3;2*1H/t12-;;/m0../s1. The Bertz CT molecular complexity index is 389. The Kier molecular flexibility index (Phi) is 9.33. The maximum Gasteiger partial charge on any atom is 0.0561 e. The normalized spacial score (nSPS) is 17.2. The van der Waals surface area contributed by atoms with E-state index in [0.717, 1.165) is 37.6 Å². The summed E-state index contributed by atoms with van der Waals surface area (Å²) in [6.07, 6.45) is 1.00. The van der Waals surface area contributed by atoms with Crippen molar-refractivity contribution < 1.29 is 0 Å². The summed E-state index contributed by atoms with van der Waals surface area (Å²) in [5, 5.41) is 6.37. The number of hydrogen-bond acceptors (Lipinski definition) is 3. The summed E-state index contributed by atoms with van der Waals surface area (Å²) >= 11 is 8.03. The van der Waals surface area contributed by atoms with Gasteiger partial charge in [-0.2, -0.15) is 0 Å². The zero-order chi connectivity index (χ0) is 12.3. The molecule has 0 amide bonds. The quantitative estimate of drug-likeness (QED) is 0.826. The van der Waals surface area contributed by atoms with E-state index < -0.39 is 0 Å². The third-order valence-electron chi connectivity index (χ3n) is 3.08. The van der Waals surface area contributed by atoms with Crippen LogP contribution in [0.15, 0.2) is 23.6 Å². The molecule has 1 fully saturated rings. The molecule has 2 heterocycles. The Morgan fingerprint density at radius 3 is 2.58 bits per heavy atom. The molecule has 6 heteroatoms. The largest absolute Gasteiger partial charge is 0.314 e. The van der Waals surface area contributed by atoms with Gasteiger partial charge in [-0.15, -0.1) is 42.7 Å². The molecule has 0 aromatic carbocycles. The van der Waals surface area contributed by atoms with Crippen molar-refractivity contribution in [3.05, 3.63) is 33.5 Å². The van der Waals surface area contributed by atoms with E-state index in [0.29, 0.717) is 6.04 Å². The van der Waals surface area contributed by atoms with Crippen molar-refractivity contribution in [2.24, 2.45) is 0 Å². The van der Waals surface area contributed by atoms with Crippen LogP contribution in [0.5, 0.6) is 0 Å². The molecule has 1 saturated heterocycles. The van der Waals surface area contributed by atoms with Crippen LogP contribution in [0.2, 0.25) is 5.02 Å². The molecule has 1 N–H and O–H groups in total. The second-order valence-electron chi connectivity index (χ2n) is 4.60. The highest BCUT2D eigenvalue weighted by molar-refractivity contribution is 7.10. The lowest BCUT2D eigenvalue weighted by molar-refractivity contribution is 0.175. The number of hydrogen-bond donors (Lipinski definition) is 1. The van der Waals surface area contributed by atoms with Crippen molar-refractivity contribution in [3.8, 4) is 0 Å². The number of nitrogens with one attached hydrogen (secondary N) is 1. The number of nitrogens with zero attached hydrogens (tertiary/aromatic N) is 1. The van der Waals surface area contributed by atoms with Crippen molar-refractivity contribution in [1.29, 1.82) is 0 Å². The molecule has 1 aromatic rings. The lowest BCUT2D eigenvalue weighted by atomic mass is 10.0. The van der Waals surface area contributed by atoms with Gasteiger partial charge in [0.2, 0.25) is 0 Å². The molecule has 1 aliphatic heterocycles. The fraction of sp³-hybridized carbons (Fsp3) is 0.538. The smallest absolute Gasteiger partial charge is 0.0561 e. The van der Waals surface area contributed by atoms with Gasteiger partial charge in [0, 0.05) is 37.1 Å². The van der Waals surface area contributed by atoms with Gasteiger partial charge in [-0.1, -0.05) is 17.2 Å². The predicted molar refractivity (Wildman–Crippen MR) is 90.4 cm³/mol. The van der Waals surface area contributed by atoms with E-state index in [1.54, 1.807) is 11.3 Å². The minimum absolute atomic E-state index is 0. The van der Waals surface area contributed by atoms with Crippen LogP contribution in [-0.2, 0) is 0 Å². The number of halogens is 3. The van der Waals surface area contributed by atoms with Gasteiger partial charge < -0.3 is 5.32 Å². The van der Waals surface area contributed by atoms with E-state index in [9.17, 15) is 0 Å². The molecule has 1 atom stereocenters. The van der Waals surface area contributed by atoms with Gasteiger partial charge in [0.1, 0.15) is 0 Å². The first kappa shape index (κ1) is 19.2. The van der Waals surface area contributed by atoms with Crippen LogP contribution in [0.25, 0.3) is 0 Å². The highest BCUT2D eigenvalue weighted by atomic mass is 35.5. The molecule has 1 aliphatic rings. The van der Waals surface area contributed by atoms with Crippen LogP contribution in [0.4, 0.5) is 0 Å². The monoisotopic (exact) mass is 342 g/mol. The Morgan fingerprint density at radius 1 is 1.47 bits per heavy atom. The van der Waals surface area contributed by atoms with Crippen LogP contribution in [-0.4, -0.2) is 31.1 Å². The molecule has 2 nitrogen and oxygen atoms in total. The number of piperazine rings is 1. The van der Waals surface area contributed by atoms with E-state index in [1.165, 1.54) is 10.5 Å². The molecule has 0 saturated carbocycles. The SMILES string of the molecule is C=C(C)C[C@@H](c1sccc1Cl)N1CCNCC1.Cl.Cl. The van der Waals surface area contributed by atoms with E-state index in [1.807, 2.05) is 6.07 Å². The van der Waals surface area contributed by atoms with Crippen LogP contribution >= 0.6 is 47.8 Å². The molecule has 2 rings (SSSR count). The van der Waals surface area contributed by atoms with Crippen LogP contribution in [0.1, 0.15) is 24.3 Å². The second kappa shape index (κ2) is 9.22. The molecule has 1 aromatic heterocycles. The summed E-state index contributed by atoms with van der Waals surface area (Å²) in [5.41, 5.74) is 1.22. The average molecular weight is 344 g/mol. The maximum absolute atomic E-state index is 6.28. The molecule has 0 radical (unpaired) electrons. The Morgan fingerprint density at radius 2 is 2.11 bits per heavy atom. The first-order valence-electron chi connectivity index (χ1n) is 6.00. The van der Waals surface area contributed by atoms with Gasteiger partial charge in [0.15, 0.2) is 0 Å². The van der Waals surface area contributed by atoms with E-state index >= 15 is 0 Å². The van der Waals surface area contributed by atoms with E-state index in [4.69, 9.17) is 11.6 Å². The molecule has 110 valence electrons. The molecule has 0 unspecified atom stereocenters. The lowest BCUT2D eigenvalue weighted by Crippen LogP contribution is -2.45. The molecule has 19 heavy (non-hydrogen) atoms. The highest BCUT2D eigenvalue weighted by Gasteiger charge is 2.24. The molecule has 0 spiro atoms. The number of rotatable bonds is 4. The maximum atomic E-state index is 6.28. The summed E-state index contributed by atoms with van der Waals surface area (Å²) in [4.78, 5) is 3.81. The van der Waals surface area contributed by atoms with Gasteiger partial charge in [0.05, 0.1) is 5.02 Å². The Balaban J connectivity index is 0.00000162. The molecule has 0 aliphatic carbocycles. The van der Waals surface area contributed by atoms with Crippen molar-refractivity contribution in [3.63, 3.8) is 0 Å². The second-order valence-corrected chi connectivity index (χ2v) is 5.95. The minimum Gasteiger partial charge on any atom is -0.314 e. The Hall–Kier alpha value is 0.230.